The average molecular weight is 223 g/mol. The molecule has 88 valence electrons. The summed E-state index contributed by atoms with van der Waals surface area (Å²) in [6, 6.07) is 1.79. The third-order valence-corrected chi connectivity index (χ3v) is 2.47. The van der Waals surface area contributed by atoms with Crippen molar-refractivity contribution in [2.45, 2.75) is 6.42 Å². The third-order valence-electron chi connectivity index (χ3n) is 2.47. The zero-order valence-corrected chi connectivity index (χ0v) is 9.26. The van der Waals surface area contributed by atoms with Crippen molar-refractivity contribution in [2.75, 3.05) is 38.3 Å². The van der Waals surface area contributed by atoms with Gasteiger partial charge >= 0.3 is 0 Å². The molecule has 1 atom stereocenters. The van der Waals surface area contributed by atoms with Gasteiger partial charge in [-0.2, -0.15) is 0 Å². The Bertz CT molecular complexity index is 289. The van der Waals surface area contributed by atoms with Crippen LogP contribution >= 0.6 is 0 Å². The van der Waals surface area contributed by atoms with Gasteiger partial charge in [0.1, 0.15) is 0 Å². The lowest BCUT2D eigenvalue weighted by Gasteiger charge is -2.09. The number of hydrogen-bond donors (Lipinski definition) is 1. The highest BCUT2D eigenvalue weighted by atomic mass is 16.5. The summed E-state index contributed by atoms with van der Waals surface area (Å²) in [6.45, 7) is 3.92. The highest BCUT2D eigenvalue weighted by Crippen LogP contribution is 2.11. The maximum atomic E-state index is 5.54. The van der Waals surface area contributed by atoms with E-state index in [1.807, 2.05) is 0 Å². The van der Waals surface area contributed by atoms with E-state index in [0.717, 1.165) is 32.8 Å². The summed E-state index contributed by atoms with van der Waals surface area (Å²) in [5.41, 5.74) is 0. The van der Waals surface area contributed by atoms with Crippen LogP contribution in [0.25, 0.3) is 0 Å². The number of anilines is 1. The Balaban J connectivity index is 1.52. The molecular formula is C11H17N3O2. The molecule has 2 rings (SSSR count). The molecule has 0 amide bonds. The smallest absolute Gasteiger partial charge is 0.222 e. The standard InChI is InChI=1S/C11H17N3O2/c1-3-12-11(13-4-1)14-5-7-16-9-10-2-6-15-8-10/h1,3-4,10H,2,5-9H2,(H,12,13,14). The summed E-state index contributed by atoms with van der Waals surface area (Å²) in [4.78, 5) is 8.11. The largest absolute Gasteiger partial charge is 0.381 e. The molecular weight excluding hydrogens is 206 g/mol. The Morgan fingerprint density at radius 1 is 1.44 bits per heavy atom. The van der Waals surface area contributed by atoms with E-state index >= 15 is 0 Å². The second kappa shape index (κ2) is 6.40. The molecule has 16 heavy (non-hydrogen) atoms. The Morgan fingerprint density at radius 3 is 3.06 bits per heavy atom. The molecule has 1 unspecified atom stereocenters. The van der Waals surface area contributed by atoms with Crippen LogP contribution in [-0.4, -0.2) is 42.9 Å². The molecule has 0 radical (unpaired) electrons. The van der Waals surface area contributed by atoms with Crippen LogP contribution in [0.3, 0.4) is 0 Å². The summed E-state index contributed by atoms with van der Waals surface area (Å²) in [7, 11) is 0. The minimum atomic E-state index is 0.577. The molecule has 1 aromatic rings. The molecule has 1 saturated heterocycles. The number of nitrogens with zero attached hydrogens (tertiary/aromatic N) is 2. The summed E-state index contributed by atoms with van der Waals surface area (Å²) < 4.78 is 10.8. The van der Waals surface area contributed by atoms with Gasteiger partial charge in [-0.1, -0.05) is 0 Å². The second-order valence-corrected chi connectivity index (χ2v) is 3.80. The predicted molar refractivity (Wildman–Crippen MR) is 60.3 cm³/mol. The third kappa shape index (κ3) is 3.75. The molecule has 0 spiro atoms. The van der Waals surface area contributed by atoms with Gasteiger partial charge in [0.15, 0.2) is 0 Å². The van der Waals surface area contributed by atoms with Crippen LogP contribution in [0.5, 0.6) is 0 Å². The van der Waals surface area contributed by atoms with Gasteiger partial charge in [0, 0.05) is 31.5 Å². The molecule has 5 heteroatoms. The molecule has 1 fully saturated rings. The predicted octanol–water partition coefficient (Wildman–Crippen LogP) is 0.942. The van der Waals surface area contributed by atoms with E-state index in [2.05, 4.69) is 15.3 Å². The topological polar surface area (TPSA) is 56.3 Å². The normalized spacial score (nSPS) is 19.9. The van der Waals surface area contributed by atoms with Gasteiger partial charge in [0.2, 0.25) is 5.95 Å². The lowest BCUT2D eigenvalue weighted by atomic mass is 10.1. The van der Waals surface area contributed by atoms with Crippen molar-refractivity contribution >= 4 is 5.95 Å². The van der Waals surface area contributed by atoms with Crippen LogP contribution in [-0.2, 0) is 9.47 Å². The van der Waals surface area contributed by atoms with Crippen molar-refractivity contribution in [1.29, 1.82) is 0 Å². The monoisotopic (exact) mass is 223 g/mol. The summed E-state index contributed by atoms with van der Waals surface area (Å²) in [5, 5.41) is 3.09. The Hall–Kier alpha value is -1.20. The molecule has 5 nitrogen and oxygen atoms in total. The van der Waals surface area contributed by atoms with Crippen LogP contribution < -0.4 is 5.32 Å². The first-order valence-corrected chi connectivity index (χ1v) is 5.61. The summed E-state index contributed by atoms with van der Waals surface area (Å²) in [6.07, 6.45) is 4.55. The molecule has 0 aromatic carbocycles. The van der Waals surface area contributed by atoms with Gasteiger partial charge < -0.3 is 14.8 Å². The number of rotatable bonds is 6. The van der Waals surface area contributed by atoms with E-state index in [4.69, 9.17) is 9.47 Å². The van der Waals surface area contributed by atoms with E-state index in [1.165, 1.54) is 0 Å². The Labute approximate surface area is 95.2 Å². The first-order valence-electron chi connectivity index (χ1n) is 5.61. The maximum absolute atomic E-state index is 5.54. The van der Waals surface area contributed by atoms with Gasteiger partial charge in [-0.3, -0.25) is 0 Å². The highest BCUT2D eigenvalue weighted by molar-refractivity contribution is 5.21. The minimum absolute atomic E-state index is 0.577. The molecule has 0 bridgehead atoms. The summed E-state index contributed by atoms with van der Waals surface area (Å²) >= 11 is 0. The lowest BCUT2D eigenvalue weighted by Crippen LogP contribution is -2.15. The van der Waals surface area contributed by atoms with Crippen molar-refractivity contribution in [2.24, 2.45) is 5.92 Å². The fraction of sp³-hybridized carbons (Fsp3) is 0.636. The van der Waals surface area contributed by atoms with Crippen LogP contribution in [0.4, 0.5) is 5.95 Å². The van der Waals surface area contributed by atoms with E-state index in [-0.39, 0.29) is 0 Å². The number of ether oxygens (including phenoxy) is 2. The molecule has 1 N–H and O–H groups in total. The number of nitrogens with one attached hydrogen (secondary N) is 1. The second-order valence-electron chi connectivity index (χ2n) is 3.80. The van der Waals surface area contributed by atoms with Crippen molar-refractivity contribution < 1.29 is 9.47 Å². The molecule has 0 aliphatic carbocycles. The van der Waals surface area contributed by atoms with E-state index in [0.29, 0.717) is 18.5 Å². The maximum Gasteiger partial charge on any atom is 0.222 e. The van der Waals surface area contributed by atoms with Gasteiger partial charge in [0.25, 0.3) is 0 Å². The fourth-order valence-corrected chi connectivity index (χ4v) is 1.59. The molecule has 1 aromatic heterocycles. The van der Waals surface area contributed by atoms with Crippen LogP contribution in [0.1, 0.15) is 6.42 Å². The van der Waals surface area contributed by atoms with E-state index in [1.54, 1.807) is 18.5 Å². The number of hydrogen-bond acceptors (Lipinski definition) is 5. The molecule has 1 aliphatic heterocycles. The fourth-order valence-electron chi connectivity index (χ4n) is 1.59. The molecule has 0 saturated carbocycles. The van der Waals surface area contributed by atoms with Gasteiger partial charge in [-0.25, -0.2) is 9.97 Å². The Morgan fingerprint density at radius 2 is 2.31 bits per heavy atom. The van der Waals surface area contributed by atoms with Crippen molar-refractivity contribution in [3.05, 3.63) is 18.5 Å². The zero-order valence-electron chi connectivity index (χ0n) is 9.26. The quantitative estimate of drug-likeness (QED) is 0.727. The van der Waals surface area contributed by atoms with Crippen molar-refractivity contribution in [3.8, 4) is 0 Å². The molecule has 2 heterocycles. The van der Waals surface area contributed by atoms with Gasteiger partial charge in [-0.05, 0) is 12.5 Å². The molecule has 1 aliphatic rings. The van der Waals surface area contributed by atoms with Gasteiger partial charge in [0.05, 0.1) is 19.8 Å². The van der Waals surface area contributed by atoms with Crippen LogP contribution in [0.15, 0.2) is 18.5 Å². The minimum Gasteiger partial charge on any atom is -0.381 e. The van der Waals surface area contributed by atoms with Crippen molar-refractivity contribution in [1.82, 2.24) is 9.97 Å². The van der Waals surface area contributed by atoms with Crippen LogP contribution in [0, 0.1) is 5.92 Å². The van der Waals surface area contributed by atoms with Gasteiger partial charge in [-0.15, -0.1) is 0 Å². The lowest BCUT2D eigenvalue weighted by molar-refractivity contribution is 0.0964. The van der Waals surface area contributed by atoms with Crippen LogP contribution in [0.2, 0.25) is 0 Å². The summed E-state index contributed by atoms with van der Waals surface area (Å²) in [5.74, 6) is 1.23. The first kappa shape index (κ1) is 11.3. The SMILES string of the molecule is c1cnc(NCCOCC2CCOC2)nc1. The average Bonchev–Trinajstić information content (AvgIpc) is 2.83. The van der Waals surface area contributed by atoms with Crippen molar-refractivity contribution in [3.63, 3.8) is 0 Å². The Kier molecular flexibility index (Phi) is 4.51. The highest BCUT2D eigenvalue weighted by Gasteiger charge is 2.14. The zero-order chi connectivity index (χ0) is 11.1. The number of aromatic nitrogens is 2. The van der Waals surface area contributed by atoms with E-state index < -0.39 is 0 Å². The first-order chi connectivity index (χ1) is 7.95. The van der Waals surface area contributed by atoms with E-state index in [9.17, 15) is 0 Å².